The summed E-state index contributed by atoms with van der Waals surface area (Å²) >= 11 is 5.13. The Hall–Kier alpha value is -1.47. The number of carbonyl (C=O) groups excluding carboxylic acids is 1. The van der Waals surface area contributed by atoms with Gasteiger partial charge in [-0.15, -0.1) is 24.0 Å². The number of halogens is 3. The Labute approximate surface area is 110 Å². The van der Waals surface area contributed by atoms with Crippen molar-refractivity contribution in [2.24, 2.45) is 0 Å². The van der Waals surface area contributed by atoms with Crippen molar-refractivity contribution in [2.75, 3.05) is 5.32 Å². The fraction of sp³-hybridized carbons (Fsp3) is 0. The first kappa shape index (κ1) is 13.0. The highest BCUT2D eigenvalue weighted by Crippen LogP contribution is 2.22. The lowest BCUT2D eigenvalue weighted by atomic mass is 10.2. The second kappa shape index (κ2) is 5.03. The Kier molecular flexibility index (Phi) is 3.63. The molecule has 0 unspecified atom stereocenters. The van der Waals surface area contributed by atoms with Crippen molar-refractivity contribution in [2.45, 2.75) is 4.90 Å². The molecule has 0 bridgehead atoms. The number of hydrogen-bond donors (Lipinski definition) is 2. The molecule has 0 saturated carbocycles. The summed E-state index contributed by atoms with van der Waals surface area (Å²) in [6.07, 6.45) is 0. The van der Waals surface area contributed by atoms with Gasteiger partial charge in [-0.2, -0.15) is 0 Å². The highest BCUT2D eigenvalue weighted by Gasteiger charge is 2.16. The molecule has 0 spiro atoms. The van der Waals surface area contributed by atoms with Crippen LogP contribution in [-0.2, 0) is 0 Å². The fourth-order valence-electron chi connectivity index (χ4n) is 1.25. The summed E-state index contributed by atoms with van der Waals surface area (Å²) in [5, 5.41) is 3.79. The van der Waals surface area contributed by atoms with Crippen molar-refractivity contribution in [3.8, 4) is 0 Å². The number of hydrogen-bond acceptors (Lipinski definition) is 3. The quantitative estimate of drug-likeness (QED) is 0.640. The maximum atomic E-state index is 13.3. The molecule has 0 aliphatic rings. The largest absolute Gasteiger partial charge is 0.319 e. The summed E-state index contributed by atoms with van der Waals surface area (Å²) in [4.78, 5) is 12.5. The number of amides is 1. The van der Waals surface area contributed by atoms with Gasteiger partial charge in [0.25, 0.3) is 5.91 Å². The minimum atomic E-state index is -1.62. The summed E-state index contributed by atoms with van der Waals surface area (Å²) in [5.41, 5.74) is -0.409. The van der Waals surface area contributed by atoms with Crippen LogP contribution >= 0.6 is 24.0 Å². The standard InChI is InChI=1S/C11H6F3NOS2/c12-6-1-2-7(10(14)9(6)13)15-11(16)8-3-5(17)4-18-8/h1-4,17H,(H,15,16). The molecule has 2 aromatic rings. The topological polar surface area (TPSA) is 29.1 Å². The van der Waals surface area contributed by atoms with Crippen molar-refractivity contribution >= 4 is 35.6 Å². The van der Waals surface area contributed by atoms with Gasteiger partial charge in [-0.1, -0.05) is 0 Å². The van der Waals surface area contributed by atoms with Crippen LogP contribution < -0.4 is 5.32 Å². The lowest BCUT2D eigenvalue weighted by molar-refractivity contribution is 0.103. The van der Waals surface area contributed by atoms with Gasteiger partial charge >= 0.3 is 0 Å². The zero-order valence-electron chi connectivity index (χ0n) is 8.71. The van der Waals surface area contributed by atoms with Crippen LogP contribution in [0.4, 0.5) is 18.9 Å². The van der Waals surface area contributed by atoms with Gasteiger partial charge in [0.2, 0.25) is 0 Å². The van der Waals surface area contributed by atoms with E-state index in [4.69, 9.17) is 0 Å². The summed E-state index contributed by atoms with van der Waals surface area (Å²) in [6, 6.07) is 3.19. The molecule has 7 heteroatoms. The molecule has 18 heavy (non-hydrogen) atoms. The van der Waals surface area contributed by atoms with E-state index in [0.717, 1.165) is 23.5 Å². The van der Waals surface area contributed by atoms with Gasteiger partial charge in [0.1, 0.15) is 0 Å². The van der Waals surface area contributed by atoms with E-state index in [1.54, 1.807) is 5.38 Å². The third kappa shape index (κ3) is 2.51. The molecule has 0 aliphatic heterocycles. The molecular formula is C11H6F3NOS2. The van der Waals surface area contributed by atoms with Crippen LogP contribution in [0.3, 0.4) is 0 Å². The third-order valence-corrected chi connectivity index (χ3v) is 3.45. The molecule has 2 nitrogen and oxygen atoms in total. The molecule has 94 valence electrons. The number of carbonyl (C=O) groups is 1. The second-order valence-corrected chi connectivity index (χ2v) is 4.77. The van der Waals surface area contributed by atoms with Gasteiger partial charge in [0, 0.05) is 10.3 Å². The maximum absolute atomic E-state index is 13.3. The minimum absolute atomic E-state index is 0.295. The van der Waals surface area contributed by atoms with E-state index >= 15 is 0 Å². The van der Waals surface area contributed by atoms with Crippen LogP contribution in [0.5, 0.6) is 0 Å². The van der Waals surface area contributed by atoms with Crippen LogP contribution in [0.2, 0.25) is 0 Å². The first-order valence-electron chi connectivity index (χ1n) is 4.71. The molecule has 0 radical (unpaired) electrons. The van der Waals surface area contributed by atoms with Crippen LogP contribution in [0.1, 0.15) is 9.67 Å². The average Bonchev–Trinajstić information content (AvgIpc) is 2.77. The van der Waals surface area contributed by atoms with E-state index in [2.05, 4.69) is 17.9 Å². The van der Waals surface area contributed by atoms with E-state index in [0.29, 0.717) is 9.77 Å². The highest BCUT2D eigenvalue weighted by molar-refractivity contribution is 7.80. The van der Waals surface area contributed by atoms with Crippen molar-refractivity contribution in [3.63, 3.8) is 0 Å². The predicted molar refractivity (Wildman–Crippen MR) is 65.8 cm³/mol. The van der Waals surface area contributed by atoms with E-state index < -0.39 is 29.0 Å². The average molecular weight is 289 g/mol. The first-order valence-corrected chi connectivity index (χ1v) is 6.04. The van der Waals surface area contributed by atoms with Crippen LogP contribution in [0, 0.1) is 17.5 Å². The smallest absolute Gasteiger partial charge is 0.265 e. The Bertz CT molecular complexity index is 612. The number of rotatable bonds is 2. The van der Waals surface area contributed by atoms with E-state index in [9.17, 15) is 18.0 Å². The Morgan fingerprint density at radius 2 is 1.94 bits per heavy atom. The predicted octanol–water partition coefficient (Wildman–Crippen LogP) is 3.71. The molecule has 1 amide bonds. The van der Waals surface area contributed by atoms with Crippen LogP contribution in [0.25, 0.3) is 0 Å². The van der Waals surface area contributed by atoms with Crippen LogP contribution in [0.15, 0.2) is 28.5 Å². The molecule has 0 saturated heterocycles. The number of anilines is 1. The number of thiol groups is 1. The number of nitrogens with one attached hydrogen (secondary N) is 1. The summed E-state index contributed by atoms with van der Waals surface area (Å²) in [5.74, 6) is -4.95. The lowest BCUT2D eigenvalue weighted by Crippen LogP contribution is -2.12. The Balaban J connectivity index is 2.25. The first-order chi connectivity index (χ1) is 8.49. The lowest BCUT2D eigenvalue weighted by Gasteiger charge is -2.05. The van der Waals surface area contributed by atoms with E-state index in [1.165, 1.54) is 6.07 Å². The molecule has 1 aromatic heterocycles. The Morgan fingerprint density at radius 3 is 2.56 bits per heavy atom. The third-order valence-electron chi connectivity index (χ3n) is 2.09. The summed E-state index contributed by atoms with van der Waals surface area (Å²) in [7, 11) is 0. The molecule has 1 N–H and O–H groups in total. The number of thiophene rings is 1. The van der Waals surface area contributed by atoms with Gasteiger partial charge in [-0.3, -0.25) is 4.79 Å². The molecule has 0 fully saturated rings. The second-order valence-electron chi connectivity index (χ2n) is 3.35. The van der Waals surface area contributed by atoms with Gasteiger partial charge in [-0.25, -0.2) is 13.2 Å². The van der Waals surface area contributed by atoms with Crippen molar-refractivity contribution in [1.82, 2.24) is 0 Å². The van der Waals surface area contributed by atoms with Gasteiger partial charge in [0.15, 0.2) is 17.5 Å². The van der Waals surface area contributed by atoms with Crippen molar-refractivity contribution in [3.05, 3.63) is 45.9 Å². The van der Waals surface area contributed by atoms with Crippen molar-refractivity contribution < 1.29 is 18.0 Å². The molecule has 1 heterocycles. The molecule has 0 atom stereocenters. The summed E-state index contributed by atoms with van der Waals surface area (Å²) in [6.45, 7) is 0. The monoisotopic (exact) mass is 289 g/mol. The van der Waals surface area contributed by atoms with Gasteiger partial charge < -0.3 is 5.32 Å². The van der Waals surface area contributed by atoms with Gasteiger partial charge in [0.05, 0.1) is 10.6 Å². The maximum Gasteiger partial charge on any atom is 0.265 e. The molecule has 1 aromatic carbocycles. The zero-order chi connectivity index (χ0) is 13.3. The molecule has 0 aliphatic carbocycles. The molecular weight excluding hydrogens is 283 g/mol. The zero-order valence-corrected chi connectivity index (χ0v) is 10.4. The van der Waals surface area contributed by atoms with Gasteiger partial charge in [-0.05, 0) is 18.2 Å². The van der Waals surface area contributed by atoms with E-state index in [-0.39, 0.29) is 0 Å². The van der Waals surface area contributed by atoms with E-state index in [1.807, 2.05) is 0 Å². The number of benzene rings is 1. The fourth-order valence-corrected chi connectivity index (χ4v) is 2.30. The van der Waals surface area contributed by atoms with Crippen molar-refractivity contribution in [1.29, 1.82) is 0 Å². The normalized spacial score (nSPS) is 10.4. The Morgan fingerprint density at radius 1 is 1.22 bits per heavy atom. The summed E-state index contributed by atoms with van der Waals surface area (Å²) < 4.78 is 38.9. The SMILES string of the molecule is O=C(Nc1ccc(F)c(F)c1F)c1cc(S)cs1. The van der Waals surface area contributed by atoms with Crippen LogP contribution in [-0.4, -0.2) is 5.91 Å². The molecule has 2 rings (SSSR count). The minimum Gasteiger partial charge on any atom is -0.319 e. The highest BCUT2D eigenvalue weighted by atomic mass is 32.1.